The van der Waals surface area contributed by atoms with E-state index < -0.39 is 46.2 Å². The van der Waals surface area contributed by atoms with E-state index in [1.807, 2.05) is 6.07 Å². The van der Waals surface area contributed by atoms with Gasteiger partial charge in [-0.25, -0.2) is 32.7 Å². The molecule has 2 atom stereocenters. The highest BCUT2D eigenvalue weighted by molar-refractivity contribution is 7.88. The molecular formula is C20H17ClF4N8O2S. The molecule has 3 aromatic rings. The maximum absolute atomic E-state index is 14.6. The first kappa shape index (κ1) is 25.7. The molecule has 10 nitrogen and oxygen atoms in total. The van der Waals surface area contributed by atoms with Crippen molar-refractivity contribution in [3.63, 3.8) is 0 Å². The molecule has 16 heteroatoms. The lowest BCUT2D eigenvalue weighted by atomic mass is 10.1. The van der Waals surface area contributed by atoms with Crippen LogP contribution < -0.4 is 5.32 Å². The first-order valence-electron chi connectivity index (χ1n) is 10.3. The number of pyridine rings is 1. The predicted octanol–water partition coefficient (Wildman–Crippen LogP) is 3.05. The number of rotatable bonds is 5. The van der Waals surface area contributed by atoms with Gasteiger partial charge >= 0.3 is 6.18 Å². The molecule has 3 aromatic heterocycles. The highest BCUT2D eigenvalue weighted by Crippen LogP contribution is 2.36. The van der Waals surface area contributed by atoms with Crippen LogP contribution in [-0.2, 0) is 16.2 Å². The molecule has 190 valence electrons. The molecule has 1 saturated heterocycles. The molecule has 0 aromatic carbocycles. The molecule has 4 heterocycles. The van der Waals surface area contributed by atoms with Gasteiger partial charge in [0.05, 0.1) is 18.0 Å². The molecule has 0 saturated carbocycles. The molecule has 0 aliphatic carbocycles. The summed E-state index contributed by atoms with van der Waals surface area (Å²) in [7, 11) is -3.58. The smallest absolute Gasteiger partial charge is 0.348 e. The van der Waals surface area contributed by atoms with Crippen molar-refractivity contribution in [3.8, 4) is 23.1 Å². The van der Waals surface area contributed by atoms with Crippen LogP contribution in [0.5, 0.6) is 0 Å². The van der Waals surface area contributed by atoms with Crippen molar-refractivity contribution in [2.24, 2.45) is 0 Å². The molecule has 1 fully saturated rings. The summed E-state index contributed by atoms with van der Waals surface area (Å²) in [6, 6.07) is 2.36. The molecule has 4 rings (SSSR count). The zero-order valence-corrected chi connectivity index (χ0v) is 20.0. The minimum Gasteiger partial charge on any atom is -0.348 e. The van der Waals surface area contributed by atoms with Crippen molar-refractivity contribution in [2.75, 3.05) is 24.7 Å². The number of hydrogen-bond acceptors (Lipinski definition) is 8. The van der Waals surface area contributed by atoms with Gasteiger partial charge in [-0.3, -0.25) is 0 Å². The van der Waals surface area contributed by atoms with Crippen molar-refractivity contribution in [1.82, 2.24) is 28.8 Å². The Morgan fingerprint density at radius 3 is 2.67 bits per heavy atom. The number of nitrogens with one attached hydrogen (secondary N) is 1. The van der Waals surface area contributed by atoms with Gasteiger partial charge in [0.1, 0.15) is 40.5 Å². The van der Waals surface area contributed by atoms with E-state index in [1.165, 1.54) is 29.4 Å². The predicted molar refractivity (Wildman–Crippen MR) is 120 cm³/mol. The van der Waals surface area contributed by atoms with Crippen molar-refractivity contribution < 1.29 is 26.0 Å². The molecule has 0 spiro atoms. The SMILES string of the molecule is CS(=O)(=O)N1CC[C@H](Nc2ncc(C(F)(F)F)c(-c3cn(-c4ccnc(C#N)c4Cl)cn3)n2)[C@H](F)C1. The lowest BCUT2D eigenvalue weighted by Gasteiger charge is -2.33. The fraction of sp³-hybridized carbons (Fsp3) is 0.350. The topological polar surface area (TPSA) is 130 Å². The highest BCUT2D eigenvalue weighted by Gasteiger charge is 2.37. The van der Waals surface area contributed by atoms with Gasteiger partial charge in [0, 0.05) is 31.7 Å². The van der Waals surface area contributed by atoms with E-state index in [2.05, 4.69) is 25.3 Å². The average Bonchev–Trinajstić information content (AvgIpc) is 3.29. The zero-order chi connectivity index (χ0) is 26.3. The Hall–Kier alpha value is -3.35. The number of hydrogen-bond donors (Lipinski definition) is 1. The minimum absolute atomic E-state index is 0.0144. The van der Waals surface area contributed by atoms with Crippen LogP contribution in [0.2, 0.25) is 5.02 Å². The minimum atomic E-state index is -4.82. The average molecular weight is 545 g/mol. The lowest BCUT2D eigenvalue weighted by Crippen LogP contribution is -2.49. The van der Waals surface area contributed by atoms with Crippen molar-refractivity contribution >= 4 is 27.6 Å². The fourth-order valence-corrected chi connectivity index (χ4v) is 4.75. The number of piperidine rings is 1. The maximum Gasteiger partial charge on any atom is 0.420 e. The van der Waals surface area contributed by atoms with E-state index in [4.69, 9.17) is 16.9 Å². The molecule has 1 aliphatic rings. The Kier molecular flexibility index (Phi) is 6.86. The van der Waals surface area contributed by atoms with Gasteiger partial charge in [-0.15, -0.1) is 0 Å². The summed E-state index contributed by atoms with van der Waals surface area (Å²) >= 11 is 6.16. The van der Waals surface area contributed by atoms with E-state index in [9.17, 15) is 26.0 Å². The monoisotopic (exact) mass is 544 g/mol. The summed E-state index contributed by atoms with van der Waals surface area (Å²) in [5.74, 6) is -0.276. The second-order valence-electron chi connectivity index (χ2n) is 7.90. The standard InChI is InChI=1S/C20H17ClF4N8O2S/c1-36(34,35)33-5-3-13(12(22)8-33)30-19-28-7-11(20(23,24)25)18(31-19)15-9-32(10-29-15)16-2-4-27-14(6-26)17(16)21/h2,4,7,9-10,12-13H,3,5,8H2,1H3,(H,28,30,31)/t12-,13+/m1/s1. The molecular weight excluding hydrogens is 528 g/mol. The lowest BCUT2D eigenvalue weighted by molar-refractivity contribution is -0.137. The van der Waals surface area contributed by atoms with E-state index in [-0.39, 0.29) is 41.0 Å². The highest BCUT2D eigenvalue weighted by atomic mass is 35.5. The number of imidazole rings is 1. The van der Waals surface area contributed by atoms with Crippen molar-refractivity contribution in [3.05, 3.63) is 47.3 Å². The quantitative estimate of drug-likeness (QED) is 0.485. The normalized spacial score (nSPS) is 19.1. The van der Waals surface area contributed by atoms with Crippen LogP contribution in [0.4, 0.5) is 23.5 Å². The fourth-order valence-electron chi connectivity index (χ4n) is 3.65. The Balaban J connectivity index is 1.66. The molecule has 0 amide bonds. The van der Waals surface area contributed by atoms with Crippen LogP contribution in [0.25, 0.3) is 17.1 Å². The molecule has 36 heavy (non-hydrogen) atoms. The Bertz CT molecular complexity index is 1440. The third kappa shape index (κ3) is 5.25. The third-order valence-electron chi connectivity index (χ3n) is 5.46. The Morgan fingerprint density at radius 1 is 1.28 bits per heavy atom. The van der Waals surface area contributed by atoms with Crippen LogP contribution in [0, 0.1) is 11.3 Å². The number of alkyl halides is 4. The van der Waals surface area contributed by atoms with Crippen LogP contribution in [0.1, 0.15) is 17.7 Å². The van der Waals surface area contributed by atoms with Gasteiger partial charge < -0.3 is 9.88 Å². The van der Waals surface area contributed by atoms with Crippen LogP contribution in [0.3, 0.4) is 0 Å². The molecule has 0 radical (unpaired) electrons. The van der Waals surface area contributed by atoms with Crippen LogP contribution in [-0.4, -0.2) is 68.8 Å². The number of halogens is 5. The molecule has 1 N–H and O–H groups in total. The Labute approximate surface area is 207 Å². The van der Waals surface area contributed by atoms with Gasteiger partial charge in [-0.2, -0.15) is 22.7 Å². The van der Waals surface area contributed by atoms with Gasteiger partial charge in [0.15, 0.2) is 5.69 Å². The maximum atomic E-state index is 14.6. The third-order valence-corrected chi connectivity index (χ3v) is 7.10. The largest absolute Gasteiger partial charge is 0.420 e. The van der Waals surface area contributed by atoms with Crippen molar-refractivity contribution in [2.45, 2.75) is 24.8 Å². The van der Waals surface area contributed by atoms with Gasteiger partial charge in [-0.05, 0) is 12.5 Å². The van der Waals surface area contributed by atoms with Crippen molar-refractivity contribution in [1.29, 1.82) is 5.26 Å². The van der Waals surface area contributed by atoms with E-state index >= 15 is 0 Å². The number of nitrogens with zero attached hydrogens (tertiary/aromatic N) is 7. The number of nitriles is 1. The summed E-state index contributed by atoms with van der Waals surface area (Å²) in [5, 5.41) is 11.8. The Morgan fingerprint density at radius 2 is 2.03 bits per heavy atom. The first-order valence-corrected chi connectivity index (χ1v) is 12.5. The molecule has 0 unspecified atom stereocenters. The van der Waals surface area contributed by atoms with E-state index in [0.717, 1.165) is 10.6 Å². The second-order valence-corrected chi connectivity index (χ2v) is 10.3. The first-order chi connectivity index (χ1) is 16.9. The second kappa shape index (κ2) is 9.60. The summed E-state index contributed by atoms with van der Waals surface area (Å²) in [6.45, 7) is -0.363. The van der Waals surface area contributed by atoms with Gasteiger partial charge in [-0.1, -0.05) is 11.6 Å². The summed E-state index contributed by atoms with van der Waals surface area (Å²) in [4.78, 5) is 15.5. The summed E-state index contributed by atoms with van der Waals surface area (Å²) in [5.41, 5.74) is -1.71. The summed E-state index contributed by atoms with van der Waals surface area (Å²) < 4.78 is 81.4. The number of sulfonamides is 1. The zero-order valence-electron chi connectivity index (χ0n) is 18.4. The number of anilines is 1. The molecule has 0 bridgehead atoms. The van der Waals surface area contributed by atoms with Gasteiger partial charge in [0.25, 0.3) is 0 Å². The van der Waals surface area contributed by atoms with Crippen LogP contribution in [0.15, 0.2) is 31.0 Å². The van der Waals surface area contributed by atoms with E-state index in [1.54, 1.807) is 0 Å². The van der Waals surface area contributed by atoms with Gasteiger partial charge in [0.2, 0.25) is 16.0 Å². The van der Waals surface area contributed by atoms with E-state index in [0.29, 0.717) is 6.20 Å². The number of aromatic nitrogens is 5. The summed E-state index contributed by atoms with van der Waals surface area (Å²) in [6.07, 6.45) is -1.10. The van der Waals surface area contributed by atoms with Crippen LogP contribution >= 0.6 is 11.6 Å². The molecule has 1 aliphatic heterocycles.